The summed E-state index contributed by atoms with van der Waals surface area (Å²) in [5.74, 6) is 1.66. The Morgan fingerprint density at radius 2 is 2.21 bits per heavy atom. The Hall–Kier alpha value is -1.88. The summed E-state index contributed by atoms with van der Waals surface area (Å²) in [5.41, 5.74) is 1.21. The summed E-state index contributed by atoms with van der Waals surface area (Å²) in [4.78, 5) is 4.13. The molecule has 0 aliphatic heterocycles. The van der Waals surface area contributed by atoms with Crippen LogP contribution in [0.3, 0.4) is 0 Å². The molecule has 0 atom stereocenters. The van der Waals surface area contributed by atoms with Crippen LogP contribution in [0.15, 0.2) is 30.6 Å². The van der Waals surface area contributed by atoms with E-state index in [9.17, 15) is 0 Å². The molecule has 0 aliphatic carbocycles. The molecule has 1 N–H and O–H groups in total. The van der Waals surface area contributed by atoms with E-state index in [1.165, 1.54) is 11.9 Å². The van der Waals surface area contributed by atoms with Crippen molar-refractivity contribution in [2.24, 2.45) is 7.05 Å². The van der Waals surface area contributed by atoms with Crippen LogP contribution in [0.5, 0.6) is 5.75 Å². The average Bonchev–Trinajstić information content (AvgIpc) is 2.80. The largest absolute Gasteiger partial charge is 0.486 e. The normalized spacial score (nSPS) is 10.9. The summed E-state index contributed by atoms with van der Waals surface area (Å²) in [7, 11) is 1.86. The second kappa shape index (κ2) is 6.33. The minimum Gasteiger partial charge on any atom is -0.486 e. The third kappa shape index (κ3) is 4.06. The van der Waals surface area contributed by atoms with E-state index < -0.39 is 0 Å². The number of hydrogen-bond acceptors (Lipinski definition) is 4. The molecule has 0 unspecified atom stereocenters. The first-order valence-electron chi connectivity index (χ1n) is 6.43. The highest BCUT2D eigenvalue weighted by molar-refractivity contribution is 5.28. The molecular formula is C14H20N4O. The van der Waals surface area contributed by atoms with Crippen LogP contribution in [0.1, 0.15) is 25.2 Å². The predicted octanol–water partition coefficient (Wildman–Crippen LogP) is 1.89. The summed E-state index contributed by atoms with van der Waals surface area (Å²) >= 11 is 0. The zero-order valence-corrected chi connectivity index (χ0v) is 11.6. The molecule has 2 rings (SSSR count). The first kappa shape index (κ1) is 13.5. The maximum atomic E-state index is 5.73. The van der Waals surface area contributed by atoms with Gasteiger partial charge in [0.25, 0.3) is 0 Å². The van der Waals surface area contributed by atoms with E-state index in [1.807, 2.05) is 25.2 Å². The average molecular weight is 260 g/mol. The number of benzene rings is 1. The van der Waals surface area contributed by atoms with Gasteiger partial charge in [0, 0.05) is 19.6 Å². The lowest BCUT2D eigenvalue weighted by Crippen LogP contribution is -2.21. The van der Waals surface area contributed by atoms with Gasteiger partial charge in [-0.15, -0.1) is 0 Å². The molecule has 0 bridgehead atoms. The quantitative estimate of drug-likeness (QED) is 0.861. The van der Waals surface area contributed by atoms with E-state index >= 15 is 0 Å². The number of ether oxygens (including phenoxy) is 1. The third-order valence-electron chi connectivity index (χ3n) is 2.79. The van der Waals surface area contributed by atoms with Crippen LogP contribution in [0.2, 0.25) is 0 Å². The van der Waals surface area contributed by atoms with Gasteiger partial charge >= 0.3 is 0 Å². The van der Waals surface area contributed by atoms with Crippen molar-refractivity contribution in [3.8, 4) is 5.75 Å². The van der Waals surface area contributed by atoms with Crippen molar-refractivity contribution >= 4 is 0 Å². The molecular weight excluding hydrogens is 240 g/mol. The predicted molar refractivity (Wildman–Crippen MR) is 73.8 cm³/mol. The monoisotopic (exact) mass is 260 g/mol. The molecule has 1 heterocycles. The minimum absolute atomic E-state index is 0.428. The van der Waals surface area contributed by atoms with Crippen LogP contribution in [0, 0.1) is 0 Å². The number of aromatic nitrogens is 3. The van der Waals surface area contributed by atoms with Crippen molar-refractivity contribution in [1.29, 1.82) is 0 Å². The molecule has 1 aromatic heterocycles. The molecule has 0 spiro atoms. The van der Waals surface area contributed by atoms with Gasteiger partial charge in [-0.1, -0.05) is 26.0 Å². The van der Waals surface area contributed by atoms with E-state index in [0.29, 0.717) is 12.6 Å². The molecule has 102 valence electrons. The van der Waals surface area contributed by atoms with Gasteiger partial charge in [-0.05, 0) is 17.7 Å². The highest BCUT2D eigenvalue weighted by atomic mass is 16.5. The molecule has 0 amide bonds. The number of rotatable bonds is 6. The molecule has 5 heteroatoms. The van der Waals surface area contributed by atoms with Crippen LogP contribution < -0.4 is 10.1 Å². The second-order valence-corrected chi connectivity index (χ2v) is 4.77. The van der Waals surface area contributed by atoms with Gasteiger partial charge in [-0.25, -0.2) is 4.98 Å². The Labute approximate surface area is 113 Å². The summed E-state index contributed by atoms with van der Waals surface area (Å²) in [6, 6.07) is 8.57. The van der Waals surface area contributed by atoms with Crippen molar-refractivity contribution in [2.75, 3.05) is 0 Å². The van der Waals surface area contributed by atoms with Gasteiger partial charge in [0.2, 0.25) is 0 Å². The zero-order valence-electron chi connectivity index (χ0n) is 11.6. The summed E-state index contributed by atoms with van der Waals surface area (Å²) in [5, 5.41) is 7.40. The first-order valence-corrected chi connectivity index (χ1v) is 6.43. The highest BCUT2D eigenvalue weighted by Gasteiger charge is 2.02. The van der Waals surface area contributed by atoms with Gasteiger partial charge in [-0.3, -0.25) is 4.68 Å². The Balaban J connectivity index is 1.93. The Morgan fingerprint density at radius 1 is 1.37 bits per heavy atom. The Bertz CT molecular complexity index is 522. The standard InChI is InChI=1S/C14H20N4O/c1-11(2)15-8-12-5-4-6-13(7-12)19-9-14-16-10-17-18(14)3/h4-7,10-11,15H,8-9H2,1-3H3. The first-order chi connectivity index (χ1) is 9.15. The smallest absolute Gasteiger partial charge is 0.164 e. The lowest BCUT2D eigenvalue weighted by molar-refractivity contribution is 0.289. The van der Waals surface area contributed by atoms with Gasteiger partial charge in [-0.2, -0.15) is 5.10 Å². The molecule has 0 radical (unpaired) electrons. The summed E-state index contributed by atoms with van der Waals surface area (Å²) in [6.07, 6.45) is 1.53. The van der Waals surface area contributed by atoms with Crippen LogP contribution in [-0.2, 0) is 20.2 Å². The number of nitrogens with one attached hydrogen (secondary N) is 1. The molecule has 19 heavy (non-hydrogen) atoms. The van der Waals surface area contributed by atoms with Crippen molar-refractivity contribution in [1.82, 2.24) is 20.1 Å². The zero-order chi connectivity index (χ0) is 13.7. The number of aryl methyl sites for hydroxylation is 1. The lowest BCUT2D eigenvalue weighted by Gasteiger charge is -2.10. The van der Waals surface area contributed by atoms with Crippen LogP contribution >= 0.6 is 0 Å². The Kier molecular flexibility index (Phi) is 4.52. The minimum atomic E-state index is 0.428. The van der Waals surface area contributed by atoms with Crippen molar-refractivity contribution in [3.05, 3.63) is 42.0 Å². The molecule has 5 nitrogen and oxygen atoms in total. The van der Waals surface area contributed by atoms with Crippen molar-refractivity contribution in [3.63, 3.8) is 0 Å². The second-order valence-electron chi connectivity index (χ2n) is 4.77. The number of hydrogen-bond donors (Lipinski definition) is 1. The van der Waals surface area contributed by atoms with Crippen molar-refractivity contribution in [2.45, 2.75) is 33.0 Å². The van der Waals surface area contributed by atoms with Gasteiger partial charge < -0.3 is 10.1 Å². The fourth-order valence-corrected chi connectivity index (χ4v) is 1.67. The topological polar surface area (TPSA) is 52.0 Å². The van der Waals surface area contributed by atoms with Gasteiger partial charge in [0.1, 0.15) is 18.7 Å². The highest BCUT2D eigenvalue weighted by Crippen LogP contribution is 2.14. The summed E-state index contributed by atoms with van der Waals surface area (Å²) < 4.78 is 7.44. The van der Waals surface area contributed by atoms with Gasteiger partial charge in [0.15, 0.2) is 5.82 Å². The van der Waals surface area contributed by atoms with Gasteiger partial charge in [0.05, 0.1) is 0 Å². The molecule has 0 fully saturated rings. The maximum Gasteiger partial charge on any atom is 0.164 e. The molecule has 2 aromatic rings. The van der Waals surface area contributed by atoms with Crippen LogP contribution in [0.4, 0.5) is 0 Å². The van der Waals surface area contributed by atoms with E-state index in [-0.39, 0.29) is 0 Å². The molecule has 0 aliphatic rings. The SMILES string of the molecule is CC(C)NCc1cccc(OCc2ncnn2C)c1. The number of nitrogens with zero attached hydrogens (tertiary/aromatic N) is 3. The van der Waals surface area contributed by atoms with E-state index in [2.05, 4.69) is 35.3 Å². The van der Waals surface area contributed by atoms with Crippen LogP contribution in [-0.4, -0.2) is 20.8 Å². The van der Waals surface area contributed by atoms with E-state index in [4.69, 9.17) is 4.74 Å². The third-order valence-corrected chi connectivity index (χ3v) is 2.79. The fraction of sp³-hybridized carbons (Fsp3) is 0.429. The maximum absolute atomic E-state index is 5.73. The van der Waals surface area contributed by atoms with Crippen LogP contribution in [0.25, 0.3) is 0 Å². The summed E-state index contributed by atoms with van der Waals surface area (Å²) in [6.45, 7) is 5.54. The molecule has 0 saturated heterocycles. The van der Waals surface area contributed by atoms with E-state index in [0.717, 1.165) is 18.1 Å². The fourth-order valence-electron chi connectivity index (χ4n) is 1.67. The molecule has 0 saturated carbocycles. The van der Waals surface area contributed by atoms with E-state index in [1.54, 1.807) is 4.68 Å². The Morgan fingerprint density at radius 3 is 2.89 bits per heavy atom. The van der Waals surface area contributed by atoms with Crippen molar-refractivity contribution < 1.29 is 4.74 Å². The molecule has 1 aromatic carbocycles. The lowest BCUT2D eigenvalue weighted by atomic mass is 10.2.